The molecule has 0 aliphatic heterocycles. The Morgan fingerprint density at radius 1 is 1.58 bits per heavy atom. The number of nitrogen functional groups attached to an aromatic ring is 1. The van der Waals surface area contributed by atoms with E-state index in [1.165, 1.54) is 22.7 Å². The van der Waals surface area contributed by atoms with Crippen LogP contribution < -0.4 is 5.73 Å². The van der Waals surface area contributed by atoms with Crippen LogP contribution in [0.4, 0.5) is 5.69 Å². The monoisotopic (exact) mass is 199 g/mol. The molecule has 12 heavy (non-hydrogen) atoms. The minimum atomic E-state index is -0.886. The van der Waals surface area contributed by atoms with Crippen molar-refractivity contribution in [2.24, 2.45) is 0 Å². The maximum absolute atomic E-state index is 10.6. The van der Waals surface area contributed by atoms with Crippen LogP contribution in [0.15, 0.2) is 11.4 Å². The number of aromatic carboxylic acids is 1. The summed E-state index contributed by atoms with van der Waals surface area (Å²) in [6, 6.07) is 1.62. The molecule has 0 saturated carbocycles. The largest absolute Gasteiger partial charge is 0.477 e. The quantitative estimate of drug-likeness (QED) is 0.740. The zero-order chi connectivity index (χ0) is 8.72. The van der Waals surface area contributed by atoms with Crippen LogP contribution >= 0.6 is 22.7 Å². The number of anilines is 1. The van der Waals surface area contributed by atoms with Crippen molar-refractivity contribution in [2.45, 2.75) is 0 Å². The molecule has 0 spiro atoms. The van der Waals surface area contributed by atoms with E-state index in [4.69, 9.17) is 10.8 Å². The molecule has 0 amide bonds. The Labute approximate surface area is 76.1 Å². The van der Waals surface area contributed by atoms with Crippen LogP contribution in [0.1, 0.15) is 9.67 Å². The van der Waals surface area contributed by atoms with E-state index >= 15 is 0 Å². The first-order chi connectivity index (χ1) is 5.68. The Morgan fingerprint density at radius 2 is 2.33 bits per heavy atom. The SMILES string of the molecule is Nc1csc2sc(C(=O)O)cc12. The fourth-order valence-electron chi connectivity index (χ4n) is 0.949. The molecule has 0 aliphatic rings. The summed E-state index contributed by atoms with van der Waals surface area (Å²) in [5, 5.41) is 11.4. The van der Waals surface area contributed by atoms with E-state index in [2.05, 4.69) is 0 Å². The molecule has 3 N–H and O–H groups in total. The third-order valence-electron chi connectivity index (χ3n) is 1.51. The number of carboxylic acid groups (broad SMARTS) is 1. The Hall–Kier alpha value is -1.07. The second kappa shape index (κ2) is 2.46. The minimum Gasteiger partial charge on any atom is -0.477 e. The van der Waals surface area contributed by atoms with Crippen LogP contribution in [0.2, 0.25) is 0 Å². The Balaban J connectivity index is 2.70. The van der Waals surface area contributed by atoms with Crippen LogP contribution in [-0.4, -0.2) is 11.1 Å². The normalized spacial score (nSPS) is 10.7. The van der Waals surface area contributed by atoms with Crippen LogP contribution in [-0.2, 0) is 0 Å². The molecule has 0 atom stereocenters. The van der Waals surface area contributed by atoms with E-state index in [0.29, 0.717) is 10.6 Å². The van der Waals surface area contributed by atoms with Crippen molar-refractivity contribution < 1.29 is 9.90 Å². The molecule has 0 saturated heterocycles. The first-order valence-corrected chi connectivity index (χ1v) is 4.88. The van der Waals surface area contributed by atoms with Crippen LogP contribution in [0.25, 0.3) is 9.40 Å². The molecular formula is C7H5NO2S2. The second-order valence-electron chi connectivity index (χ2n) is 2.31. The predicted octanol–water partition coefficient (Wildman–Crippen LogP) is 2.24. The maximum Gasteiger partial charge on any atom is 0.345 e. The summed E-state index contributed by atoms with van der Waals surface area (Å²) in [6.45, 7) is 0. The van der Waals surface area contributed by atoms with Gasteiger partial charge in [0.05, 0.1) is 9.70 Å². The molecule has 5 heteroatoms. The average Bonchev–Trinajstić information content (AvgIpc) is 2.53. The smallest absolute Gasteiger partial charge is 0.345 e. The predicted molar refractivity (Wildman–Crippen MR) is 51.1 cm³/mol. The summed E-state index contributed by atoms with van der Waals surface area (Å²) in [7, 11) is 0. The number of carboxylic acids is 1. The van der Waals surface area contributed by atoms with Gasteiger partial charge in [-0.25, -0.2) is 4.79 Å². The van der Waals surface area contributed by atoms with Gasteiger partial charge >= 0.3 is 5.97 Å². The molecule has 2 aromatic heterocycles. The van der Waals surface area contributed by atoms with Crippen molar-refractivity contribution in [2.75, 3.05) is 5.73 Å². The number of carbonyl (C=O) groups is 1. The van der Waals surface area contributed by atoms with Gasteiger partial charge in [-0.1, -0.05) is 0 Å². The fourth-order valence-corrected chi connectivity index (χ4v) is 2.97. The molecule has 0 aliphatic carbocycles. The van der Waals surface area contributed by atoms with E-state index in [-0.39, 0.29) is 0 Å². The molecular weight excluding hydrogens is 194 g/mol. The molecule has 2 heterocycles. The zero-order valence-corrected chi connectivity index (χ0v) is 7.54. The second-order valence-corrected chi connectivity index (χ2v) is 4.50. The number of fused-ring (bicyclic) bond motifs is 1. The molecule has 2 rings (SSSR count). The van der Waals surface area contributed by atoms with Gasteiger partial charge in [-0.2, -0.15) is 0 Å². The number of hydrogen-bond acceptors (Lipinski definition) is 4. The van der Waals surface area contributed by atoms with Gasteiger partial charge in [-0.3, -0.25) is 0 Å². The van der Waals surface area contributed by atoms with Gasteiger partial charge < -0.3 is 10.8 Å². The lowest BCUT2D eigenvalue weighted by Crippen LogP contribution is -1.89. The van der Waals surface area contributed by atoms with Crippen molar-refractivity contribution in [1.82, 2.24) is 0 Å². The fraction of sp³-hybridized carbons (Fsp3) is 0. The first-order valence-electron chi connectivity index (χ1n) is 3.18. The number of rotatable bonds is 1. The number of hydrogen-bond donors (Lipinski definition) is 2. The van der Waals surface area contributed by atoms with E-state index in [0.717, 1.165) is 9.40 Å². The third kappa shape index (κ3) is 0.981. The van der Waals surface area contributed by atoms with E-state index in [1.807, 2.05) is 5.38 Å². The van der Waals surface area contributed by atoms with E-state index in [1.54, 1.807) is 6.07 Å². The third-order valence-corrected chi connectivity index (χ3v) is 3.77. The van der Waals surface area contributed by atoms with Gasteiger partial charge in [-0.05, 0) is 6.07 Å². The van der Waals surface area contributed by atoms with Crippen LogP contribution in [0.5, 0.6) is 0 Å². The Bertz CT molecular complexity index is 443. The van der Waals surface area contributed by atoms with Gasteiger partial charge in [0.15, 0.2) is 0 Å². The molecule has 0 radical (unpaired) electrons. The topological polar surface area (TPSA) is 63.3 Å². The van der Waals surface area contributed by atoms with Gasteiger partial charge in [0.25, 0.3) is 0 Å². The Morgan fingerprint density at radius 3 is 2.92 bits per heavy atom. The van der Waals surface area contributed by atoms with Crippen molar-refractivity contribution in [1.29, 1.82) is 0 Å². The molecule has 2 aromatic rings. The zero-order valence-electron chi connectivity index (χ0n) is 5.90. The molecule has 62 valence electrons. The maximum atomic E-state index is 10.6. The Kier molecular flexibility index (Phi) is 1.55. The summed E-state index contributed by atoms with van der Waals surface area (Å²) in [5.41, 5.74) is 6.28. The lowest BCUT2D eigenvalue weighted by molar-refractivity contribution is 0.0702. The molecule has 0 aromatic carbocycles. The highest BCUT2D eigenvalue weighted by Gasteiger charge is 2.10. The first kappa shape index (κ1) is 7.57. The van der Waals surface area contributed by atoms with Crippen molar-refractivity contribution >= 4 is 43.7 Å². The van der Waals surface area contributed by atoms with Gasteiger partial charge in [0.2, 0.25) is 0 Å². The highest BCUT2D eigenvalue weighted by molar-refractivity contribution is 7.38. The molecule has 0 unspecified atom stereocenters. The van der Waals surface area contributed by atoms with Gasteiger partial charge in [-0.15, -0.1) is 22.7 Å². The molecule has 0 fully saturated rings. The van der Waals surface area contributed by atoms with E-state index in [9.17, 15) is 4.79 Å². The molecule has 3 nitrogen and oxygen atoms in total. The lowest BCUT2D eigenvalue weighted by atomic mass is 10.3. The minimum absolute atomic E-state index is 0.351. The summed E-state index contributed by atoms with van der Waals surface area (Å²) in [6.07, 6.45) is 0. The van der Waals surface area contributed by atoms with Gasteiger partial charge in [0, 0.05) is 10.8 Å². The van der Waals surface area contributed by atoms with Crippen molar-refractivity contribution in [3.8, 4) is 0 Å². The number of thiophene rings is 2. The summed E-state index contributed by atoms with van der Waals surface area (Å²) in [4.78, 5) is 10.9. The van der Waals surface area contributed by atoms with Crippen molar-refractivity contribution in [3.05, 3.63) is 16.3 Å². The average molecular weight is 199 g/mol. The molecule has 0 bridgehead atoms. The van der Waals surface area contributed by atoms with Gasteiger partial charge in [0.1, 0.15) is 4.88 Å². The highest BCUT2D eigenvalue weighted by atomic mass is 32.2. The summed E-state index contributed by atoms with van der Waals surface area (Å²) >= 11 is 2.75. The summed E-state index contributed by atoms with van der Waals surface area (Å²) in [5.74, 6) is -0.886. The highest BCUT2D eigenvalue weighted by Crippen LogP contribution is 2.35. The summed E-state index contributed by atoms with van der Waals surface area (Å²) < 4.78 is 0.977. The standard InChI is InChI=1S/C7H5NO2S2/c8-4-2-11-7-3(4)1-5(12-7)6(9)10/h1-2H,8H2,(H,9,10). The lowest BCUT2D eigenvalue weighted by Gasteiger charge is -1.82. The van der Waals surface area contributed by atoms with Crippen LogP contribution in [0, 0.1) is 0 Å². The van der Waals surface area contributed by atoms with E-state index < -0.39 is 5.97 Å². The van der Waals surface area contributed by atoms with Crippen LogP contribution in [0.3, 0.4) is 0 Å². The van der Waals surface area contributed by atoms with Crippen molar-refractivity contribution in [3.63, 3.8) is 0 Å². The number of nitrogens with two attached hydrogens (primary N) is 1.